The Hall–Kier alpha value is -1.58. The van der Waals surface area contributed by atoms with E-state index in [4.69, 9.17) is 0 Å². The van der Waals surface area contributed by atoms with Gasteiger partial charge in [-0.05, 0) is 37.5 Å². The molecule has 0 saturated heterocycles. The van der Waals surface area contributed by atoms with Crippen molar-refractivity contribution >= 4 is 6.03 Å². The van der Waals surface area contributed by atoms with Crippen LogP contribution in [0, 0.1) is 0 Å². The van der Waals surface area contributed by atoms with Gasteiger partial charge in [0.15, 0.2) is 0 Å². The maximum Gasteiger partial charge on any atom is 0.317 e. The molecule has 0 radical (unpaired) electrons. The lowest BCUT2D eigenvalue weighted by atomic mass is 10.2. The molecule has 0 fully saturated rings. The van der Waals surface area contributed by atoms with Crippen molar-refractivity contribution in [3.8, 4) is 0 Å². The summed E-state index contributed by atoms with van der Waals surface area (Å²) >= 11 is 0. The van der Waals surface area contributed by atoms with Crippen LogP contribution < -0.4 is 5.32 Å². The van der Waals surface area contributed by atoms with Crippen molar-refractivity contribution in [2.75, 3.05) is 19.6 Å². The molecule has 0 aliphatic carbocycles. The number of pyridine rings is 1. The summed E-state index contributed by atoms with van der Waals surface area (Å²) in [5.41, 5.74) is 1.21. The number of rotatable bonds is 6. The van der Waals surface area contributed by atoms with Gasteiger partial charge in [-0.15, -0.1) is 0 Å². The maximum atomic E-state index is 11.8. The Morgan fingerprint density at radius 2 is 2.06 bits per heavy atom. The van der Waals surface area contributed by atoms with Crippen molar-refractivity contribution in [3.05, 3.63) is 30.1 Å². The zero-order valence-electron chi connectivity index (χ0n) is 10.6. The van der Waals surface area contributed by atoms with Crippen molar-refractivity contribution in [2.24, 2.45) is 0 Å². The number of carbonyl (C=O) groups excluding carboxylic acids is 1. The number of amides is 2. The SMILES string of the molecule is CCCNC(=O)N(CC)CCc1ccncc1. The fourth-order valence-electron chi connectivity index (χ4n) is 1.56. The molecule has 0 atom stereocenters. The predicted molar refractivity (Wildman–Crippen MR) is 68.9 cm³/mol. The van der Waals surface area contributed by atoms with E-state index < -0.39 is 0 Å². The lowest BCUT2D eigenvalue weighted by Crippen LogP contribution is -2.41. The molecule has 0 aliphatic rings. The van der Waals surface area contributed by atoms with Crippen LogP contribution in [0.25, 0.3) is 0 Å². The van der Waals surface area contributed by atoms with Gasteiger partial charge < -0.3 is 10.2 Å². The first-order valence-corrected chi connectivity index (χ1v) is 6.19. The number of hydrogen-bond acceptors (Lipinski definition) is 2. The first-order valence-electron chi connectivity index (χ1n) is 6.19. The Morgan fingerprint density at radius 3 is 2.65 bits per heavy atom. The topological polar surface area (TPSA) is 45.2 Å². The summed E-state index contributed by atoms with van der Waals surface area (Å²) in [7, 11) is 0. The van der Waals surface area contributed by atoms with Crippen molar-refractivity contribution in [1.82, 2.24) is 15.2 Å². The largest absolute Gasteiger partial charge is 0.338 e. The smallest absolute Gasteiger partial charge is 0.317 e. The van der Waals surface area contributed by atoms with Crippen molar-refractivity contribution in [1.29, 1.82) is 0 Å². The maximum absolute atomic E-state index is 11.8. The molecule has 17 heavy (non-hydrogen) atoms. The number of nitrogens with zero attached hydrogens (tertiary/aromatic N) is 2. The molecule has 0 aliphatic heterocycles. The van der Waals surface area contributed by atoms with Crippen LogP contribution in [0.15, 0.2) is 24.5 Å². The highest BCUT2D eigenvalue weighted by atomic mass is 16.2. The number of nitrogens with one attached hydrogen (secondary N) is 1. The second kappa shape index (κ2) is 7.65. The summed E-state index contributed by atoms with van der Waals surface area (Å²) in [6, 6.07) is 4.00. The number of aromatic nitrogens is 1. The summed E-state index contributed by atoms with van der Waals surface area (Å²) in [4.78, 5) is 17.6. The first kappa shape index (κ1) is 13.5. The molecular formula is C13H21N3O. The lowest BCUT2D eigenvalue weighted by molar-refractivity contribution is 0.201. The molecule has 0 spiro atoms. The van der Waals surface area contributed by atoms with Crippen LogP contribution in [0.4, 0.5) is 4.79 Å². The Balaban J connectivity index is 2.39. The zero-order valence-corrected chi connectivity index (χ0v) is 10.6. The van der Waals surface area contributed by atoms with E-state index >= 15 is 0 Å². The van der Waals surface area contributed by atoms with Crippen LogP contribution in [0.3, 0.4) is 0 Å². The van der Waals surface area contributed by atoms with Crippen LogP contribution in [-0.4, -0.2) is 35.5 Å². The van der Waals surface area contributed by atoms with Crippen LogP contribution in [0.5, 0.6) is 0 Å². The normalized spacial score (nSPS) is 10.0. The van der Waals surface area contributed by atoms with E-state index in [0.717, 1.165) is 32.5 Å². The Bertz CT molecular complexity index is 327. The van der Waals surface area contributed by atoms with Crippen LogP contribution >= 0.6 is 0 Å². The molecule has 0 bridgehead atoms. The van der Waals surface area contributed by atoms with E-state index in [1.807, 2.05) is 30.9 Å². The molecule has 4 heteroatoms. The second-order valence-corrected chi connectivity index (χ2v) is 3.92. The van der Waals surface area contributed by atoms with Crippen LogP contribution in [-0.2, 0) is 6.42 Å². The van der Waals surface area contributed by atoms with Crippen molar-refractivity contribution in [3.63, 3.8) is 0 Å². The van der Waals surface area contributed by atoms with Crippen LogP contribution in [0.1, 0.15) is 25.8 Å². The summed E-state index contributed by atoms with van der Waals surface area (Å²) in [5.74, 6) is 0. The zero-order chi connectivity index (χ0) is 12.5. The van der Waals surface area contributed by atoms with Gasteiger partial charge in [-0.1, -0.05) is 6.92 Å². The Kier molecular flexibility index (Phi) is 6.07. The quantitative estimate of drug-likeness (QED) is 0.820. The highest BCUT2D eigenvalue weighted by molar-refractivity contribution is 5.74. The third-order valence-corrected chi connectivity index (χ3v) is 2.61. The number of hydrogen-bond donors (Lipinski definition) is 1. The van der Waals surface area contributed by atoms with E-state index in [1.165, 1.54) is 5.56 Å². The van der Waals surface area contributed by atoms with Crippen molar-refractivity contribution < 1.29 is 4.79 Å². The Morgan fingerprint density at radius 1 is 1.35 bits per heavy atom. The highest BCUT2D eigenvalue weighted by Crippen LogP contribution is 2.00. The molecule has 2 amide bonds. The molecule has 4 nitrogen and oxygen atoms in total. The first-order chi connectivity index (χ1) is 8.27. The molecule has 1 rings (SSSR count). The Labute approximate surface area is 103 Å². The number of urea groups is 1. The molecular weight excluding hydrogens is 214 g/mol. The summed E-state index contributed by atoms with van der Waals surface area (Å²) in [6.45, 7) is 6.27. The molecule has 1 N–H and O–H groups in total. The molecule has 1 aromatic heterocycles. The van der Waals surface area contributed by atoms with Gasteiger partial charge in [0.2, 0.25) is 0 Å². The molecule has 1 heterocycles. The molecule has 0 saturated carbocycles. The number of likely N-dealkylation sites (N-methyl/N-ethyl adjacent to an activating group) is 1. The fourth-order valence-corrected chi connectivity index (χ4v) is 1.56. The van der Waals surface area contributed by atoms with E-state index in [1.54, 1.807) is 12.4 Å². The van der Waals surface area contributed by atoms with Gasteiger partial charge in [0.05, 0.1) is 0 Å². The van der Waals surface area contributed by atoms with E-state index in [9.17, 15) is 4.79 Å². The average molecular weight is 235 g/mol. The predicted octanol–water partition coefficient (Wildman–Crippen LogP) is 2.07. The summed E-state index contributed by atoms with van der Waals surface area (Å²) in [5, 5.41) is 2.89. The third-order valence-electron chi connectivity index (χ3n) is 2.61. The number of carbonyl (C=O) groups is 1. The van der Waals surface area contributed by atoms with Gasteiger partial charge in [0.1, 0.15) is 0 Å². The van der Waals surface area contributed by atoms with Gasteiger partial charge in [-0.2, -0.15) is 0 Å². The van der Waals surface area contributed by atoms with E-state index in [-0.39, 0.29) is 6.03 Å². The van der Waals surface area contributed by atoms with Crippen LogP contribution in [0.2, 0.25) is 0 Å². The molecule has 0 aromatic carbocycles. The minimum absolute atomic E-state index is 0.0309. The minimum atomic E-state index is 0.0309. The summed E-state index contributed by atoms with van der Waals surface area (Å²) in [6.07, 6.45) is 5.40. The van der Waals surface area contributed by atoms with E-state index in [2.05, 4.69) is 10.3 Å². The average Bonchev–Trinajstić information content (AvgIpc) is 2.38. The second-order valence-electron chi connectivity index (χ2n) is 3.92. The standard InChI is InChI=1S/C13H21N3O/c1-3-8-15-13(17)16(4-2)11-7-12-5-9-14-10-6-12/h5-6,9-10H,3-4,7-8,11H2,1-2H3,(H,15,17). The molecule has 1 aromatic rings. The molecule has 0 unspecified atom stereocenters. The fraction of sp³-hybridized carbons (Fsp3) is 0.538. The van der Waals surface area contributed by atoms with Gasteiger partial charge in [0, 0.05) is 32.0 Å². The highest BCUT2D eigenvalue weighted by Gasteiger charge is 2.09. The van der Waals surface area contributed by atoms with Gasteiger partial charge in [0.25, 0.3) is 0 Å². The minimum Gasteiger partial charge on any atom is -0.338 e. The monoisotopic (exact) mass is 235 g/mol. The third kappa shape index (κ3) is 4.85. The van der Waals surface area contributed by atoms with Gasteiger partial charge >= 0.3 is 6.03 Å². The summed E-state index contributed by atoms with van der Waals surface area (Å²) < 4.78 is 0. The van der Waals surface area contributed by atoms with Crippen molar-refractivity contribution in [2.45, 2.75) is 26.7 Å². The van der Waals surface area contributed by atoms with E-state index in [0.29, 0.717) is 0 Å². The molecule has 94 valence electrons. The van der Waals surface area contributed by atoms with Gasteiger partial charge in [-0.25, -0.2) is 4.79 Å². The lowest BCUT2D eigenvalue weighted by Gasteiger charge is -2.21. The van der Waals surface area contributed by atoms with Gasteiger partial charge in [-0.3, -0.25) is 4.98 Å².